The Kier molecular flexibility index (Phi) is 5.90. The topological polar surface area (TPSA) is 63.5 Å². The highest BCUT2D eigenvalue weighted by Gasteiger charge is 2.11. The van der Waals surface area contributed by atoms with Gasteiger partial charge in [-0.1, -0.05) is 24.3 Å². The molecule has 0 fully saturated rings. The molecule has 0 amide bonds. The SMILES string of the molecule is CNCCOc1cccc(-c2cnc3ccc(N[C@H](C)c4cccc(F)c4)nn23)c1. The number of aromatic nitrogens is 3. The van der Waals surface area contributed by atoms with E-state index < -0.39 is 0 Å². The van der Waals surface area contributed by atoms with Gasteiger partial charge in [-0.05, 0) is 55.9 Å². The summed E-state index contributed by atoms with van der Waals surface area (Å²) >= 11 is 0. The maximum atomic E-state index is 13.5. The van der Waals surface area contributed by atoms with E-state index in [0.29, 0.717) is 12.4 Å². The van der Waals surface area contributed by atoms with Crippen LogP contribution in [-0.2, 0) is 0 Å². The van der Waals surface area contributed by atoms with Gasteiger partial charge in [-0.15, -0.1) is 5.10 Å². The molecule has 0 spiro atoms. The second kappa shape index (κ2) is 8.92. The zero-order valence-electron chi connectivity index (χ0n) is 17.0. The Morgan fingerprint density at radius 3 is 2.80 bits per heavy atom. The number of nitrogens with one attached hydrogen (secondary N) is 2. The first kappa shape index (κ1) is 19.8. The predicted molar refractivity (Wildman–Crippen MR) is 116 cm³/mol. The molecule has 7 heteroatoms. The number of hydrogen-bond donors (Lipinski definition) is 2. The summed E-state index contributed by atoms with van der Waals surface area (Å²) < 4.78 is 21.1. The van der Waals surface area contributed by atoms with Crippen molar-refractivity contribution in [3.63, 3.8) is 0 Å². The van der Waals surface area contributed by atoms with Crippen molar-refractivity contribution in [2.45, 2.75) is 13.0 Å². The smallest absolute Gasteiger partial charge is 0.154 e. The number of fused-ring (bicyclic) bond motifs is 1. The maximum absolute atomic E-state index is 13.5. The van der Waals surface area contributed by atoms with Crippen molar-refractivity contribution >= 4 is 11.5 Å². The highest BCUT2D eigenvalue weighted by Crippen LogP contribution is 2.25. The fourth-order valence-electron chi connectivity index (χ4n) is 3.24. The van der Waals surface area contributed by atoms with Crippen LogP contribution in [0.1, 0.15) is 18.5 Å². The second-order valence-electron chi connectivity index (χ2n) is 7.03. The molecule has 4 rings (SSSR count). The van der Waals surface area contributed by atoms with Gasteiger partial charge in [0.05, 0.1) is 17.9 Å². The standard InChI is InChI=1S/C23H24FN5O/c1-16(17-5-3-7-19(24)13-17)27-22-9-10-23-26-15-21(29(23)28-22)18-6-4-8-20(14-18)30-12-11-25-2/h3-10,13-16,25H,11-12H2,1-2H3,(H,27,28)/t16-/m1/s1. The van der Waals surface area contributed by atoms with Crippen LogP contribution < -0.4 is 15.4 Å². The maximum Gasteiger partial charge on any atom is 0.154 e. The number of benzene rings is 2. The number of rotatable bonds is 8. The first-order chi connectivity index (χ1) is 14.6. The molecule has 0 aliphatic carbocycles. The van der Waals surface area contributed by atoms with E-state index in [2.05, 4.69) is 15.6 Å². The van der Waals surface area contributed by atoms with E-state index in [1.165, 1.54) is 12.1 Å². The summed E-state index contributed by atoms with van der Waals surface area (Å²) in [6, 6.07) is 18.1. The van der Waals surface area contributed by atoms with Crippen LogP contribution in [0.2, 0.25) is 0 Å². The monoisotopic (exact) mass is 405 g/mol. The molecule has 1 atom stereocenters. The van der Waals surface area contributed by atoms with Crippen LogP contribution >= 0.6 is 0 Å². The first-order valence-corrected chi connectivity index (χ1v) is 9.88. The van der Waals surface area contributed by atoms with Crippen LogP contribution in [0.5, 0.6) is 5.75 Å². The Morgan fingerprint density at radius 2 is 1.97 bits per heavy atom. The van der Waals surface area contributed by atoms with E-state index in [4.69, 9.17) is 9.84 Å². The van der Waals surface area contributed by atoms with E-state index in [1.54, 1.807) is 16.8 Å². The second-order valence-corrected chi connectivity index (χ2v) is 7.03. The minimum atomic E-state index is -0.252. The normalized spacial score (nSPS) is 12.1. The van der Waals surface area contributed by atoms with Gasteiger partial charge in [0.2, 0.25) is 0 Å². The molecule has 2 aromatic carbocycles. The van der Waals surface area contributed by atoms with Gasteiger partial charge in [-0.2, -0.15) is 0 Å². The number of hydrogen-bond acceptors (Lipinski definition) is 5. The van der Waals surface area contributed by atoms with E-state index in [1.807, 2.05) is 56.4 Å². The molecule has 2 heterocycles. The number of nitrogens with zero attached hydrogens (tertiary/aromatic N) is 3. The average Bonchev–Trinajstić information content (AvgIpc) is 3.17. The highest BCUT2D eigenvalue weighted by atomic mass is 19.1. The lowest BCUT2D eigenvalue weighted by molar-refractivity contribution is 0.318. The molecule has 0 aliphatic rings. The van der Waals surface area contributed by atoms with Crippen molar-refractivity contribution in [3.05, 3.63) is 78.2 Å². The lowest BCUT2D eigenvalue weighted by atomic mass is 10.1. The van der Waals surface area contributed by atoms with Crippen LogP contribution in [0.15, 0.2) is 66.9 Å². The van der Waals surface area contributed by atoms with Crippen LogP contribution in [0.3, 0.4) is 0 Å². The van der Waals surface area contributed by atoms with Gasteiger partial charge >= 0.3 is 0 Å². The molecule has 6 nitrogen and oxygen atoms in total. The Balaban J connectivity index is 1.59. The van der Waals surface area contributed by atoms with Gasteiger partial charge in [0.1, 0.15) is 24.0 Å². The van der Waals surface area contributed by atoms with Gasteiger partial charge in [-0.3, -0.25) is 0 Å². The number of ether oxygens (including phenoxy) is 1. The minimum Gasteiger partial charge on any atom is -0.492 e. The lowest BCUT2D eigenvalue weighted by Crippen LogP contribution is -2.15. The summed E-state index contributed by atoms with van der Waals surface area (Å²) in [5.74, 6) is 1.23. The molecule has 2 aromatic heterocycles. The molecule has 154 valence electrons. The van der Waals surface area contributed by atoms with E-state index in [-0.39, 0.29) is 11.9 Å². The summed E-state index contributed by atoms with van der Waals surface area (Å²) in [5, 5.41) is 11.1. The number of likely N-dealkylation sites (N-methyl/N-ethyl adjacent to an activating group) is 1. The first-order valence-electron chi connectivity index (χ1n) is 9.88. The summed E-state index contributed by atoms with van der Waals surface area (Å²) in [5.41, 5.74) is 3.43. The summed E-state index contributed by atoms with van der Waals surface area (Å²) in [6.07, 6.45) is 1.80. The van der Waals surface area contributed by atoms with Crippen molar-refractivity contribution in [1.29, 1.82) is 0 Å². The van der Waals surface area contributed by atoms with Crippen LogP contribution in [0.25, 0.3) is 16.9 Å². The highest BCUT2D eigenvalue weighted by molar-refractivity contribution is 5.65. The van der Waals surface area contributed by atoms with Crippen molar-refractivity contribution in [1.82, 2.24) is 19.9 Å². The Labute approximate surface area is 174 Å². The Bertz CT molecular complexity index is 1140. The Morgan fingerprint density at radius 1 is 1.10 bits per heavy atom. The molecule has 0 radical (unpaired) electrons. The third-order valence-corrected chi connectivity index (χ3v) is 4.83. The lowest BCUT2D eigenvalue weighted by Gasteiger charge is -2.15. The molecule has 0 unspecified atom stereocenters. The van der Waals surface area contributed by atoms with Crippen LogP contribution in [0, 0.1) is 5.82 Å². The number of halogens is 1. The van der Waals surface area contributed by atoms with Crippen molar-refractivity contribution < 1.29 is 9.13 Å². The van der Waals surface area contributed by atoms with Crippen molar-refractivity contribution in [2.24, 2.45) is 0 Å². The van der Waals surface area contributed by atoms with Crippen molar-refractivity contribution in [3.8, 4) is 17.0 Å². The fourth-order valence-corrected chi connectivity index (χ4v) is 3.24. The minimum absolute atomic E-state index is 0.0958. The molecule has 2 N–H and O–H groups in total. The fraction of sp³-hybridized carbons (Fsp3) is 0.217. The van der Waals surface area contributed by atoms with Crippen LogP contribution in [-0.4, -0.2) is 34.8 Å². The predicted octanol–water partition coefficient (Wildman–Crippen LogP) is 4.31. The number of anilines is 1. The van der Waals surface area contributed by atoms with Gasteiger partial charge in [0.15, 0.2) is 5.65 Å². The molecule has 0 bridgehead atoms. The zero-order chi connectivity index (χ0) is 20.9. The van der Waals surface area contributed by atoms with Crippen LogP contribution in [0.4, 0.5) is 10.2 Å². The van der Waals surface area contributed by atoms with Gasteiger partial charge in [-0.25, -0.2) is 13.9 Å². The summed E-state index contributed by atoms with van der Waals surface area (Å²) in [6.45, 7) is 3.35. The average molecular weight is 405 g/mol. The third kappa shape index (κ3) is 4.41. The molecule has 0 aliphatic heterocycles. The van der Waals surface area contributed by atoms with E-state index in [9.17, 15) is 4.39 Å². The third-order valence-electron chi connectivity index (χ3n) is 4.83. The van der Waals surface area contributed by atoms with Crippen molar-refractivity contribution in [2.75, 3.05) is 25.5 Å². The van der Waals surface area contributed by atoms with E-state index >= 15 is 0 Å². The molecule has 4 aromatic rings. The largest absolute Gasteiger partial charge is 0.492 e. The summed E-state index contributed by atoms with van der Waals surface area (Å²) in [7, 11) is 1.89. The molecular weight excluding hydrogens is 381 g/mol. The van der Waals surface area contributed by atoms with Gasteiger partial charge in [0, 0.05) is 12.1 Å². The summed E-state index contributed by atoms with van der Waals surface area (Å²) in [4.78, 5) is 4.46. The molecule has 0 saturated carbocycles. The quantitative estimate of drug-likeness (QED) is 0.428. The molecule has 30 heavy (non-hydrogen) atoms. The zero-order valence-corrected chi connectivity index (χ0v) is 17.0. The van der Waals surface area contributed by atoms with E-state index in [0.717, 1.165) is 34.8 Å². The van der Waals surface area contributed by atoms with Gasteiger partial charge in [0.25, 0.3) is 0 Å². The molecule has 0 saturated heterocycles. The Hall–Kier alpha value is -3.45. The van der Waals surface area contributed by atoms with Gasteiger partial charge < -0.3 is 15.4 Å². The molecular formula is C23H24FN5O. The number of imidazole rings is 1.